The largest absolute Gasteiger partial charge is 0.490 e. The molecular formula is C16H19BrO. The van der Waals surface area contributed by atoms with Gasteiger partial charge in [-0.25, -0.2) is 0 Å². The van der Waals surface area contributed by atoms with E-state index >= 15 is 0 Å². The van der Waals surface area contributed by atoms with Crippen LogP contribution in [0.1, 0.15) is 32.3 Å². The lowest BCUT2D eigenvalue weighted by molar-refractivity contribution is 0.209. The van der Waals surface area contributed by atoms with Crippen LogP contribution in [0.5, 0.6) is 5.75 Å². The average molecular weight is 307 g/mol. The molecule has 0 bridgehead atoms. The standard InChI is InChI=1S/C16H19BrO/c1-3-6-12(2)18-16-10-9-13-7-4-5-8-14(13)15(16)11-17/h4-5,7-10,12H,3,6,11H2,1-2H3. The molecule has 2 aromatic carbocycles. The van der Waals surface area contributed by atoms with Gasteiger partial charge < -0.3 is 4.74 Å². The Morgan fingerprint density at radius 2 is 1.94 bits per heavy atom. The Bertz CT molecular complexity index is 521. The highest BCUT2D eigenvalue weighted by atomic mass is 79.9. The Balaban J connectivity index is 2.38. The van der Waals surface area contributed by atoms with E-state index < -0.39 is 0 Å². The molecule has 0 fully saturated rings. The highest BCUT2D eigenvalue weighted by Crippen LogP contribution is 2.30. The van der Waals surface area contributed by atoms with Crippen LogP contribution in [-0.2, 0) is 5.33 Å². The first-order chi connectivity index (χ1) is 8.76. The lowest BCUT2D eigenvalue weighted by atomic mass is 10.0. The number of ether oxygens (including phenoxy) is 1. The second-order valence-electron chi connectivity index (χ2n) is 4.61. The summed E-state index contributed by atoms with van der Waals surface area (Å²) >= 11 is 3.58. The van der Waals surface area contributed by atoms with Gasteiger partial charge in [0.1, 0.15) is 5.75 Å². The number of hydrogen-bond acceptors (Lipinski definition) is 1. The molecule has 0 aliphatic carbocycles. The van der Waals surface area contributed by atoms with Crippen molar-refractivity contribution in [2.45, 2.75) is 38.1 Å². The zero-order valence-electron chi connectivity index (χ0n) is 10.9. The van der Waals surface area contributed by atoms with Crippen molar-refractivity contribution in [1.29, 1.82) is 0 Å². The highest BCUT2D eigenvalue weighted by Gasteiger charge is 2.10. The lowest BCUT2D eigenvalue weighted by Crippen LogP contribution is -2.12. The first kappa shape index (κ1) is 13.4. The molecule has 0 aromatic heterocycles. The van der Waals surface area contributed by atoms with Gasteiger partial charge in [-0.05, 0) is 30.2 Å². The predicted octanol–water partition coefficient (Wildman–Crippen LogP) is 5.30. The van der Waals surface area contributed by atoms with Gasteiger partial charge in [-0.2, -0.15) is 0 Å². The molecule has 0 aliphatic rings. The Morgan fingerprint density at radius 3 is 2.67 bits per heavy atom. The molecular weight excluding hydrogens is 288 g/mol. The first-order valence-corrected chi connectivity index (χ1v) is 7.61. The number of fused-ring (bicyclic) bond motifs is 1. The van der Waals surface area contributed by atoms with Crippen molar-refractivity contribution in [3.8, 4) is 5.75 Å². The SMILES string of the molecule is CCCC(C)Oc1ccc2ccccc2c1CBr. The van der Waals surface area contributed by atoms with Crippen LogP contribution in [0.3, 0.4) is 0 Å². The fourth-order valence-corrected chi connectivity index (χ4v) is 2.82. The van der Waals surface area contributed by atoms with E-state index in [2.05, 4.69) is 66.2 Å². The van der Waals surface area contributed by atoms with Crippen molar-refractivity contribution < 1.29 is 4.74 Å². The third kappa shape index (κ3) is 2.86. The molecule has 2 heteroatoms. The summed E-state index contributed by atoms with van der Waals surface area (Å²) in [7, 11) is 0. The molecule has 0 spiro atoms. The number of alkyl halides is 1. The summed E-state index contributed by atoms with van der Waals surface area (Å²) in [5.41, 5.74) is 1.25. The number of halogens is 1. The van der Waals surface area contributed by atoms with Crippen LogP contribution in [0.15, 0.2) is 36.4 Å². The highest BCUT2D eigenvalue weighted by molar-refractivity contribution is 9.08. The normalized spacial score (nSPS) is 12.6. The molecule has 0 saturated carbocycles. The summed E-state index contributed by atoms with van der Waals surface area (Å²) < 4.78 is 6.05. The van der Waals surface area contributed by atoms with Crippen molar-refractivity contribution in [3.05, 3.63) is 42.0 Å². The summed E-state index contributed by atoms with van der Waals surface area (Å²) in [6.07, 6.45) is 2.52. The van der Waals surface area contributed by atoms with Gasteiger partial charge in [-0.3, -0.25) is 0 Å². The zero-order chi connectivity index (χ0) is 13.0. The van der Waals surface area contributed by atoms with Crippen LogP contribution in [0.25, 0.3) is 10.8 Å². The average Bonchev–Trinajstić information content (AvgIpc) is 2.38. The number of benzene rings is 2. The molecule has 0 radical (unpaired) electrons. The van der Waals surface area contributed by atoms with E-state index in [1.165, 1.54) is 16.3 Å². The second-order valence-corrected chi connectivity index (χ2v) is 5.17. The maximum Gasteiger partial charge on any atom is 0.124 e. The van der Waals surface area contributed by atoms with Crippen molar-refractivity contribution >= 4 is 26.7 Å². The van der Waals surface area contributed by atoms with Gasteiger partial charge in [-0.15, -0.1) is 0 Å². The van der Waals surface area contributed by atoms with Crippen LogP contribution in [0.4, 0.5) is 0 Å². The molecule has 0 heterocycles. The molecule has 18 heavy (non-hydrogen) atoms. The van der Waals surface area contributed by atoms with Gasteiger partial charge in [0.15, 0.2) is 0 Å². The van der Waals surface area contributed by atoms with Gasteiger partial charge in [0.05, 0.1) is 6.10 Å². The van der Waals surface area contributed by atoms with Crippen LogP contribution in [0.2, 0.25) is 0 Å². The summed E-state index contributed by atoms with van der Waals surface area (Å²) in [5, 5.41) is 3.36. The molecule has 2 rings (SSSR count). The van der Waals surface area contributed by atoms with E-state index in [9.17, 15) is 0 Å². The molecule has 1 nitrogen and oxygen atoms in total. The van der Waals surface area contributed by atoms with Crippen molar-refractivity contribution in [1.82, 2.24) is 0 Å². The van der Waals surface area contributed by atoms with Crippen LogP contribution in [0, 0.1) is 0 Å². The van der Waals surface area contributed by atoms with Gasteiger partial charge in [0.2, 0.25) is 0 Å². The van der Waals surface area contributed by atoms with Crippen LogP contribution in [-0.4, -0.2) is 6.10 Å². The minimum absolute atomic E-state index is 0.272. The Morgan fingerprint density at radius 1 is 1.17 bits per heavy atom. The molecule has 0 saturated heterocycles. The lowest BCUT2D eigenvalue weighted by Gasteiger charge is -2.17. The van der Waals surface area contributed by atoms with Crippen LogP contribution >= 0.6 is 15.9 Å². The maximum absolute atomic E-state index is 6.05. The quantitative estimate of drug-likeness (QED) is 0.681. The Kier molecular flexibility index (Phi) is 4.65. The van der Waals surface area contributed by atoms with E-state index in [4.69, 9.17) is 4.74 Å². The van der Waals surface area contributed by atoms with Crippen molar-refractivity contribution in [2.24, 2.45) is 0 Å². The summed E-state index contributed by atoms with van der Waals surface area (Å²) in [6, 6.07) is 12.7. The van der Waals surface area contributed by atoms with Crippen molar-refractivity contribution in [2.75, 3.05) is 0 Å². The minimum atomic E-state index is 0.272. The number of hydrogen-bond donors (Lipinski definition) is 0. The number of rotatable bonds is 5. The van der Waals surface area contributed by atoms with E-state index in [0.29, 0.717) is 0 Å². The van der Waals surface area contributed by atoms with E-state index in [-0.39, 0.29) is 6.10 Å². The fraction of sp³-hybridized carbons (Fsp3) is 0.375. The molecule has 0 amide bonds. The minimum Gasteiger partial charge on any atom is -0.490 e. The third-order valence-corrected chi connectivity index (χ3v) is 3.72. The third-order valence-electron chi connectivity index (χ3n) is 3.15. The van der Waals surface area contributed by atoms with Gasteiger partial charge in [-0.1, -0.05) is 59.6 Å². The van der Waals surface area contributed by atoms with Gasteiger partial charge in [0, 0.05) is 10.9 Å². The molecule has 2 aromatic rings. The summed E-state index contributed by atoms with van der Waals surface area (Å²) in [6.45, 7) is 4.32. The predicted molar refractivity (Wildman–Crippen MR) is 81.6 cm³/mol. The zero-order valence-corrected chi connectivity index (χ0v) is 12.5. The topological polar surface area (TPSA) is 9.23 Å². The van der Waals surface area contributed by atoms with Gasteiger partial charge in [0.25, 0.3) is 0 Å². The summed E-state index contributed by atoms with van der Waals surface area (Å²) in [5.74, 6) is 1.01. The molecule has 96 valence electrons. The Labute approximate surface area is 117 Å². The Hall–Kier alpha value is -1.02. The van der Waals surface area contributed by atoms with E-state index in [0.717, 1.165) is 23.9 Å². The summed E-state index contributed by atoms with van der Waals surface area (Å²) in [4.78, 5) is 0. The first-order valence-electron chi connectivity index (χ1n) is 6.49. The molecule has 0 aliphatic heterocycles. The second kappa shape index (κ2) is 6.24. The monoisotopic (exact) mass is 306 g/mol. The van der Waals surface area contributed by atoms with Crippen LogP contribution < -0.4 is 4.74 Å². The fourth-order valence-electron chi connectivity index (χ4n) is 2.25. The van der Waals surface area contributed by atoms with E-state index in [1.54, 1.807) is 0 Å². The molecule has 1 atom stereocenters. The van der Waals surface area contributed by atoms with Crippen molar-refractivity contribution in [3.63, 3.8) is 0 Å². The molecule has 0 N–H and O–H groups in total. The molecule has 1 unspecified atom stereocenters. The van der Waals surface area contributed by atoms with Gasteiger partial charge >= 0.3 is 0 Å². The smallest absolute Gasteiger partial charge is 0.124 e. The van der Waals surface area contributed by atoms with E-state index in [1.807, 2.05) is 0 Å². The maximum atomic E-state index is 6.05.